The first-order valence-corrected chi connectivity index (χ1v) is 21.3. The van der Waals surface area contributed by atoms with E-state index >= 15 is 0 Å². The molecule has 0 aliphatic carbocycles. The minimum atomic E-state index is 0.530. The molecule has 1 heteroatoms. The van der Waals surface area contributed by atoms with Crippen LogP contribution < -0.4 is 0 Å². The number of carbonyl (C=O) groups excluding carboxylic acids is 1. The van der Waals surface area contributed by atoms with E-state index in [2.05, 4.69) is 13.8 Å². The largest absolute Gasteiger partial charge is 0.300 e. The molecule has 0 saturated carbocycles. The van der Waals surface area contributed by atoms with Crippen molar-refractivity contribution in [2.24, 2.45) is 0 Å². The van der Waals surface area contributed by atoms with Crippen LogP contribution in [-0.2, 0) is 4.79 Å². The van der Waals surface area contributed by atoms with Crippen LogP contribution in [0.1, 0.15) is 271 Å². The fourth-order valence-electron chi connectivity index (χ4n) is 6.93. The Morgan fingerprint density at radius 1 is 0.227 bits per heavy atom. The molecule has 0 aliphatic heterocycles. The summed E-state index contributed by atoms with van der Waals surface area (Å²) < 4.78 is 0. The second-order valence-electron chi connectivity index (χ2n) is 14.8. The summed E-state index contributed by atoms with van der Waals surface area (Å²) in [4.78, 5) is 12.2. The Kier molecular flexibility index (Phi) is 40.4. The molecule has 0 spiro atoms. The molecule has 0 fully saturated rings. The van der Waals surface area contributed by atoms with Gasteiger partial charge in [0.1, 0.15) is 5.78 Å². The maximum absolute atomic E-state index is 12.2. The van der Waals surface area contributed by atoms with Crippen molar-refractivity contribution in [3.8, 4) is 0 Å². The van der Waals surface area contributed by atoms with Crippen LogP contribution in [0.5, 0.6) is 0 Å². The fourth-order valence-corrected chi connectivity index (χ4v) is 6.93. The van der Waals surface area contributed by atoms with Gasteiger partial charge in [-0.25, -0.2) is 0 Å². The van der Waals surface area contributed by atoms with Crippen LogP contribution in [0.3, 0.4) is 0 Å². The second-order valence-corrected chi connectivity index (χ2v) is 14.8. The van der Waals surface area contributed by atoms with Crippen molar-refractivity contribution < 1.29 is 4.79 Å². The zero-order valence-electron chi connectivity index (χ0n) is 31.2. The number of hydrogen-bond acceptors (Lipinski definition) is 1. The maximum Gasteiger partial charge on any atom is 0.132 e. The number of Topliss-reactive ketones (excluding diaryl/α,β-unsaturated/α-hetero) is 1. The topological polar surface area (TPSA) is 17.1 Å². The summed E-state index contributed by atoms with van der Waals surface area (Å²) in [6, 6.07) is 0. The van der Waals surface area contributed by atoms with Crippen molar-refractivity contribution in [2.75, 3.05) is 0 Å². The Balaban J connectivity index is 3.13. The van der Waals surface area contributed by atoms with Crippen molar-refractivity contribution in [1.29, 1.82) is 0 Å². The third-order valence-electron chi connectivity index (χ3n) is 10.1. The Labute approximate surface area is 280 Å². The van der Waals surface area contributed by atoms with Crippen LogP contribution in [-0.4, -0.2) is 5.78 Å². The van der Waals surface area contributed by atoms with Crippen molar-refractivity contribution in [3.63, 3.8) is 0 Å². The second kappa shape index (κ2) is 40.7. The van der Waals surface area contributed by atoms with Crippen LogP contribution in [0.25, 0.3) is 0 Å². The minimum absolute atomic E-state index is 0.530. The number of carbonyl (C=O) groups is 1. The van der Waals surface area contributed by atoms with E-state index in [0.29, 0.717) is 5.78 Å². The lowest BCUT2D eigenvalue weighted by Crippen LogP contribution is -1.97. The van der Waals surface area contributed by atoms with E-state index in [1.54, 1.807) is 0 Å². The molecule has 264 valence electrons. The average Bonchev–Trinajstić information content (AvgIpc) is 3.03. The van der Waals surface area contributed by atoms with Gasteiger partial charge in [0, 0.05) is 12.8 Å². The SMILES string of the molecule is CCCCCCCCCCCCCCCCCCCCCCCCCCCC(=O)CCCCCCCCCCCCCCC. The number of unbranched alkanes of at least 4 members (excludes halogenated alkanes) is 36. The molecule has 0 bridgehead atoms. The van der Waals surface area contributed by atoms with Crippen LogP contribution >= 0.6 is 0 Å². The quantitative estimate of drug-likeness (QED) is 0.0624. The number of ketones is 1. The molecule has 0 N–H and O–H groups in total. The van der Waals surface area contributed by atoms with E-state index in [0.717, 1.165) is 25.7 Å². The van der Waals surface area contributed by atoms with Gasteiger partial charge in [-0.05, 0) is 12.8 Å². The van der Waals surface area contributed by atoms with Crippen molar-refractivity contribution in [1.82, 2.24) is 0 Å². The summed E-state index contributed by atoms with van der Waals surface area (Å²) in [5, 5.41) is 0. The Bertz CT molecular complexity index is 511. The van der Waals surface area contributed by atoms with Crippen LogP contribution in [0.2, 0.25) is 0 Å². The average molecular weight is 619 g/mol. The lowest BCUT2D eigenvalue weighted by atomic mass is 10.0. The molecule has 0 aromatic heterocycles. The van der Waals surface area contributed by atoms with Crippen LogP contribution in [0.4, 0.5) is 0 Å². The van der Waals surface area contributed by atoms with Crippen molar-refractivity contribution in [2.45, 2.75) is 271 Å². The molecule has 0 rings (SSSR count). The fraction of sp³-hybridized carbons (Fsp3) is 0.977. The summed E-state index contributed by atoms with van der Waals surface area (Å²) in [5.41, 5.74) is 0. The van der Waals surface area contributed by atoms with Gasteiger partial charge in [-0.1, -0.05) is 245 Å². The van der Waals surface area contributed by atoms with Gasteiger partial charge in [0.15, 0.2) is 0 Å². The number of hydrogen-bond donors (Lipinski definition) is 0. The van der Waals surface area contributed by atoms with E-state index in [9.17, 15) is 4.79 Å². The van der Waals surface area contributed by atoms with Gasteiger partial charge in [0.25, 0.3) is 0 Å². The predicted octanol–water partition coefficient (Wildman–Crippen LogP) is 16.2. The van der Waals surface area contributed by atoms with E-state index in [4.69, 9.17) is 0 Å². The lowest BCUT2D eigenvalue weighted by molar-refractivity contribution is -0.119. The number of rotatable bonds is 40. The van der Waals surface area contributed by atoms with Gasteiger partial charge in [0.2, 0.25) is 0 Å². The molecule has 0 amide bonds. The monoisotopic (exact) mass is 619 g/mol. The summed E-state index contributed by atoms with van der Waals surface area (Å²) in [5.74, 6) is 0.530. The highest BCUT2D eigenvalue weighted by Crippen LogP contribution is 2.17. The summed E-state index contributed by atoms with van der Waals surface area (Å²) in [6.45, 7) is 4.60. The molecule has 1 nitrogen and oxygen atoms in total. The van der Waals surface area contributed by atoms with Crippen molar-refractivity contribution in [3.05, 3.63) is 0 Å². The van der Waals surface area contributed by atoms with Gasteiger partial charge < -0.3 is 0 Å². The molecular formula is C43H86O. The zero-order chi connectivity index (χ0) is 31.9. The molecular weight excluding hydrogens is 532 g/mol. The molecule has 0 unspecified atom stereocenters. The predicted molar refractivity (Wildman–Crippen MR) is 201 cm³/mol. The summed E-state index contributed by atoms with van der Waals surface area (Å²) >= 11 is 0. The molecule has 44 heavy (non-hydrogen) atoms. The highest BCUT2D eigenvalue weighted by molar-refractivity contribution is 5.78. The first kappa shape index (κ1) is 43.7. The van der Waals surface area contributed by atoms with Gasteiger partial charge >= 0.3 is 0 Å². The Morgan fingerprint density at radius 3 is 0.523 bits per heavy atom. The van der Waals surface area contributed by atoms with E-state index < -0.39 is 0 Å². The van der Waals surface area contributed by atoms with Crippen LogP contribution in [0.15, 0.2) is 0 Å². The standard InChI is InChI=1S/C43H86O/c1-3-5-7-9-11-13-15-17-18-19-20-21-22-23-24-25-26-27-28-30-32-34-36-38-40-42-43(44)41-39-37-35-33-31-29-16-14-12-10-8-6-4-2/h3-42H2,1-2H3. The first-order valence-electron chi connectivity index (χ1n) is 21.3. The molecule has 0 saturated heterocycles. The normalized spacial score (nSPS) is 11.5. The molecule has 0 aromatic carbocycles. The van der Waals surface area contributed by atoms with E-state index in [1.165, 1.54) is 231 Å². The molecule has 0 aromatic rings. The lowest BCUT2D eigenvalue weighted by Gasteiger charge is -2.05. The minimum Gasteiger partial charge on any atom is -0.300 e. The van der Waals surface area contributed by atoms with Gasteiger partial charge in [-0.2, -0.15) is 0 Å². The van der Waals surface area contributed by atoms with Crippen LogP contribution in [0, 0.1) is 0 Å². The van der Waals surface area contributed by atoms with Gasteiger partial charge in [-0.3, -0.25) is 4.79 Å². The van der Waals surface area contributed by atoms with E-state index in [1.807, 2.05) is 0 Å². The smallest absolute Gasteiger partial charge is 0.132 e. The summed E-state index contributed by atoms with van der Waals surface area (Å²) in [7, 11) is 0. The van der Waals surface area contributed by atoms with Gasteiger partial charge in [0.05, 0.1) is 0 Å². The summed E-state index contributed by atoms with van der Waals surface area (Å²) in [6.07, 6.45) is 55.4. The Hall–Kier alpha value is -0.330. The third-order valence-corrected chi connectivity index (χ3v) is 10.1. The zero-order valence-corrected chi connectivity index (χ0v) is 31.2. The highest BCUT2D eigenvalue weighted by atomic mass is 16.1. The first-order chi connectivity index (χ1) is 21.8. The highest BCUT2D eigenvalue weighted by Gasteiger charge is 2.02. The molecule has 0 radical (unpaired) electrons. The third kappa shape index (κ3) is 39.7. The van der Waals surface area contributed by atoms with Crippen molar-refractivity contribution >= 4 is 5.78 Å². The molecule has 0 atom stereocenters. The maximum atomic E-state index is 12.2. The van der Waals surface area contributed by atoms with E-state index in [-0.39, 0.29) is 0 Å². The Morgan fingerprint density at radius 2 is 0.364 bits per heavy atom. The molecule has 0 heterocycles. The molecule has 0 aliphatic rings. The van der Waals surface area contributed by atoms with Gasteiger partial charge in [-0.15, -0.1) is 0 Å².